The summed E-state index contributed by atoms with van der Waals surface area (Å²) in [6.45, 7) is 4.73. The van der Waals surface area contributed by atoms with Crippen molar-refractivity contribution in [2.75, 3.05) is 0 Å². The van der Waals surface area contributed by atoms with Gasteiger partial charge in [-0.05, 0) is 72.1 Å². The molecule has 1 aromatic heterocycles. The summed E-state index contributed by atoms with van der Waals surface area (Å²) in [5.74, 6) is 0.709. The van der Waals surface area contributed by atoms with Gasteiger partial charge in [0.2, 0.25) is 0 Å². The van der Waals surface area contributed by atoms with Crippen molar-refractivity contribution in [3.63, 3.8) is 0 Å². The van der Waals surface area contributed by atoms with Gasteiger partial charge in [-0.25, -0.2) is 9.97 Å². The summed E-state index contributed by atoms with van der Waals surface area (Å²) in [7, 11) is 0. The van der Waals surface area contributed by atoms with Gasteiger partial charge < -0.3 is 0 Å². The molecule has 0 N–H and O–H groups in total. The van der Waals surface area contributed by atoms with Crippen LogP contribution in [-0.4, -0.2) is 9.97 Å². The Morgan fingerprint density at radius 3 is 1.66 bits per heavy atom. The van der Waals surface area contributed by atoms with Crippen molar-refractivity contribution in [2.45, 2.75) is 19.3 Å². The number of hydrogen-bond donors (Lipinski definition) is 0. The molecule has 10 rings (SSSR count). The molecule has 0 aliphatic heterocycles. The van der Waals surface area contributed by atoms with Gasteiger partial charge in [0.1, 0.15) is 0 Å². The molecule has 0 saturated heterocycles. The number of aromatic nitrogens is 2. The molecular formula is C51H36N2. The lowest BCUT2D eigenvalue weighted by Crippen LogP contribution is -2.14. The molecule has 1 heterocycles. The Kier molecular flexibility index (Phi) is 7.19. The zero-order valence-corrected chi connectivity index (χ0v) is 29.7. The third-order valence-electron chi connectivity index (χ3n) is 11.1. The lowest BCUT2D eigenvalue weighted by molar-refractivity contribution is 0.661. The lowest BCUT2D eigenvalue weighted by Gasteiger charge is -2.22. The molecule has 250 valence electrons. The first-order valence-corrected chi connectivity index (χ1v) is 18.3. The molecule has 0 fully saturated rings. The van der Waals surface area contributed by atoms with Crippen molar-refractivity contribution in [1.82, 2.24) is 9.97 Å². The zero-order chi connectivity index (χ0) is 35.5. The molecule has 0 bridgehead atoms. The van der Waals surface area contributed by atoms with Gasteiger partial charge in [-0.2, -0.15) is 0 Å². The smallest absolute Gasteiger partial charge is 0.160 e. The predicted octanol–water partition coefficient (Wildman–Crippen LogP) is 13.4. The Balaban J connectivity index is 1.20. The van der Waals surface area contributed by atoms with E-state index in [0.29, 0.717) is 5.82 Å². The predicted molar refractivity (Wildman–Crippen MR) is 222 cm³/mol. The first-order chi connectivity index (χ1) is 26.1. The van der Waals surface area contributed by atoms with Crippen molar-refractivity contribution in [3.8, 4) is 67.3 Å². The van der Waals surface area contributed by atoms with E-state index in [4.69, 9.17) is 9.97 Å². The Labute approximate surface area is 310 Å². The Morgan fingerprint density at radius 1 is 0.358 bits per heavy atom. The number of benzene rings is 8. The molecule has 0 saturated carbocycles. The minimum absolute atomic E-state index is 0.109. The third kappa shape index (κ3) is 5.02. The van der Waals surface area contributed by atoms with Crippen molar-refractivity contribution in [2.24, 2.45) is 0 Å². The van der Waals surface area contributed by atoms with Crippen LogP contribution in [0.5, 0.6) is 0 Å². The van der Waals surface area contributed by atoms with Gasteiger partial charge in [0.05, 0.1) is 11.4 Å². The maximum Gasteiger partial charge on any atom is 0.160 e. The number of hydrogen-bond acceptors (Lipinski definition) is 2. The van der Waals surface area contributed by atoms with Crippen molar-refractivity contribution in [3.05, 3.63) is 193 Å². The largest absolute Gasteiger partial charge is 0.228 e. The average molecular weight is 677 g/mol. The molecule has 0 unspecified atom stereocenters. The Morgan fingerprint density at radius 2 is 0.906 bits per heavy atom. The van der Waals surface area contributed by atoms with Crippen molar-refractivity contribution in [1.29, 1.82) is 0 Å². The van der Waals surface area contributed by atoms with E-state index in [-0.39, 0.29) is 5.41 Å². The van der Waals surface area contributed by atoms with Crippen LogP contribution in [-0.2, 0) is 5.41 Å². The summed E-state index contributed by atoms with van der Waals surface area (Å²) in [4.78, 5) is 10.5. The van der Waals surface area contributed by atoms with Crippen LogP contribution < -0.4 is 0 Å². The van der Waals surface area contributed by atoms with Crippen LogP contribution in [0.15, 0.2) is 182 Å². The van der Waals surface area contributed by atoms with E-state index in [9.17, 15) is 0 Å². The molecule has 53 heavy (non-hydrogen) atoms. The van der Waals surface area contributed by atoms with E-state index in [1.807, 2.05) is 18.2 Å². The molecule has 0 amide bonds. The molecule has 0 atom stereocenters. The highest BCUT2D eigenvalue weighted by Crippen LogP contribution is 2.55. The quantitative estimate of drug-likeness (QED) is 0.181. The zero-order valence-electron chi connectivity index (χ0n) is 29.7. The molecule has 0 radical (unpaired) electrons. The highest BCUT2D eigenvalue weighted by molar-refractivity contribution is 6.11. The second-order valence-electron chi connectivity index (χ2n) is 14.5. The minimum atomic E-state index is -0.109. The SMILES string of the molecule is CC1(C)c2cccc(-c3ccc(-c4cc(-c5ccccc5-c5ccccc5)nc(-c5ccccc5)n4)c4ccccc34)c2-c2c1ccc1ccccc21. The maximum atomic E-state index is 5.28. The van der Waals surface area contributed by atoms with Gasteiger partial charge >= 0.3 is 0 Å². The van der Waals surface area contributed by atoms with Gasteiger partial charge in [0.25, 0.3) is 0 Å². The highest BCUT2D eigenvalue weighted by atomic mass is 14.9. The normalized spacial score (nSPS) is 12.9. The topological polar surface area (TPSA) is 25.8 Å². The second kappa shape index (κ2) is 12.3. The summed E-state index contributed by atoms with van der Waals surface area (Å²) < 4.78 is 0. The van der Waals surface area contributed by atoms with Crippen molar-refractivity contribution < 1.29 is 0 Å². The van der Waals surface area contributed by atoms with Crippen molar-refractivity contribution >= 4 is 21.5 Å². The Bertz CT molecular complexity index is 2850. The van der Waals surface area contributed by atoms with Gasteiger partial charge in [-0.3, -0.25) is 0 Å². The molecule has 8 aromatic carbocycles. The number of nitrogens with zero attached hydrogens (tertiary/aromatic N) is 2. The molecule has 1 aliphatic rings. The molecular weight excluding hydrogens is 641 g/mol. The fourth-order valence-electron chi connectivity index (χ4n) is 8.55. The molecule has 1 aliphatic carbocycles. The van der Waals surface area contributed by atoms with E-state index in [2.05, 4.69) is 178 Å². The highest BCUT2D eigenvalue weighted by Gasteiger charge is 2.38. The van der Waals surface area contributed by atoms with Crippen LogP contribution in [0, 0.1) is 0 Å². The van der Waals surface area contributed by atoms with Crippen LogP contribution in [0.25, 0.3) is 88.8 Å². The van der Waals surface area contributed by atoms with Crippen LogP contribution in [0.2, 0.25) is 0 Å². The van der Waals surface area contributed by atoms with Crippen LogP contribution in [0.3, 0.4) is 0 Å². The van der Waals surface area contributed by atoms with Crippen LogP contribution in [0.4, 0.5) is 0 Å². The van der Waals surface area contributed by atoms with Gasteiger partial charge in [-0.15, -0.1) is 0 Å². The van der Waals surface area contributed by atoms with E-state index >= 15 is 0 Å². The first-order valence-electron chi connectivity index (χ1n) is 18.3. The Hall–Kier alpha value is -6.64. The average Bonchev–Trinajstić information content (AvgIpc) is 3.47. The van der Waals surface area contributed by atoms with E-state index < -0.39 is 0 Å². The maximum absolute atomic E-state index is 5.28. The van der Waals surface area contributed by atoms with Crippen LogP contribution >= 0.6 is 0 Å². The fraction of sp³-hybridized carbons (Fsp3) is 0.0588. The molecule has 9 aromatic rings. The first kappa shape index (κ1) is 31.1. The summed E-state index contributed by atoms with van der Waals surface area (Å²) >= 11 is 0. The summed E-state index contributed by atoms with van der Waals surface area (Å²) in [5, 5.41) is 4.95. The van der Waals surface area contributed by atoms with Gasteiger partial charge in [0.15, 0.2) is 5.82 Å². The fourth-order valence-corrected chi connectivity index (χ4v) is 8.55. The molecule has 2 heteroatoms. The standard InChI is InChI=1S/C51H36N2/c1-51(2)44-27-15-26-43(49(44)48-37-22-10-9-18-34(37)28-31-45(48)51)40-29-30-42(39-24-13-12-23-38(39)40)47-32-46(52-50(53-47)35-19-7-4-8-20-35)41-25-14-11-21-36(41)33-16-5-3-6-17-33/h3-32H,1-2H3. The lowest BCUT2D eigenvalue weighted by atomic mass is 9.81. The van der Waals surface area contributed by atoms with Gasteiger partial charge in [-0.1, -0.05) is 190 Å². The van der Waals surface area contributed by atoms with E-state index in [1.54, 1.807) is 0 Å². The minimum Gasteiger partial charge on any atom is -0.228 e. The third-order valence-corrected chi connectivity index (χ3v) is 11.1. The monoisotopic (exact) mass is 676 g/mol. The molecule has 2 nitrogen and oxygen atoms in total. The summed E-state index contributed by atoms with van der Waals surface area (Å²) in [5.41, 5.74) is 15.1. The molecule has 0 spiro atoms. The second-order valence-corrected chi connectivity index (χ2v) is 14.5. The number of fused-ring (bicyclic) bond motifs is 6. The van der Waals surface area contributed by atoms with E-state index in [0.717, 1.165) is 44.6 Å². The summed E-state index contributed by atoms with van der Waals surface area (Å²) in [6, 6.07) is 65.3. The van der Waals surface area contributed by atoms with Gasteiger partial charge in [0, 0.05) is 22.1 Å². The summed E-state index contributed by atoms with van der Waals surface area (Å²) in [6.07, 6.45) is 0. The van der Waals surface area contributed by atoms with E-state index in [1.165, 1.54) is 49.5 Å². The van der Waals surface area contributed by atoms with Crippen LogP contribution in [0.1, 0.15) is 25.0 Å². The number of rotatable bonds is 5.